The first-order valence-electron chi connectivity index (χ1n) is 7.94. The summed E-state index contributed by atoms with van der Waals surface area (Å²) < 4.78 is 13.6. The van der Waals surface area contributed by atoms with Crippen molar-refractivity contribution < 1.29 is 4.57 Å². The second kappa shape index (κ2) is 5.94. The number of benzene rings is 1. The molecule has 3 nitrogen and oxygen atoms in total. The van der Waals surface area contributed by atoms with Crippen LogP contribution in [-0.2, 0) is 4.57 Å². The number of aromatic nitrogens is 2. The van der Waals surface area contributed by atoms with E-state index in [1.165, 1.54) is 0 Å². The molecule has 2 rings (SSSR count). The van der Waals surface area contributed by atoms with Crippen LogP contribution in [0.5, 0.6) is 0 Å². The van der Waals surface area contributed by atoms with E-state index in [4.69, 9.17) is 9.97 Å². The summed E-state index contributed by atoms with van der Waals surface area (Å²) in [6, 6.07) is 7.87. The van der Waals surface area contributed by atoms with E-state index in [-0.39, 0.29) is 10.3 Å². The third-order valence-electron chi connectivity index (χ3n) is 4.54. The zero-order valence-corrected chi connectivity index (χ0v) is 17.3. The van der Waals surface area contributed by atoms with Crippen molar-refractivity contribution in [1.82, 2.24) is 9.97 Å². The number of rotatable bonds is 2. The summed E-state index contributed by atoms with van der Waals surface area (Å²) >= 11 is 0. The Morgan fingerprint density at radius 2 is 1.43 bits per heavy atom. The van der Waals surface area contributed by atoms with Crippen molar-refractivity contribution in [3.05, 3.63) is 24.3 Å². The van der Waals surface area contributed by atoms with Gasteiger partial charge in [-0.1, -0.05) is 61.6 Å². The summed E-state index contributed by atoms with van der Waals surface area (Å²) in [4.78, 5) is 9.75. The summed E-state index contributed by atoms with van der Waals surface area (Å²) in [5.74, 6) is 0. The second-order valence-corrected chi connectivity index (χ2v) is 14.7. The fourth-order valence-corrected chi connectivity index (χ4v) is 5.76. The smallest absolute Gasteiger partial charge is 0.137 e. The quantitative estimate of drug-likeness (QED) is 0.745. The van der Waals surface area contributed by atoms with Gasteiger partial charge in [-0.3, -0.25) is 0 Å². The van der Waals surface area contributed by atoms with Gasteiger partial charge in [-0.25, -0.2) is 9.97 Å². The normalized spacial score (nSPS) is 17.0. The van der Waals surface area contributed by atoms with Gasteiger partial charge in [-0.2, -0.15) is 0 Å². The molecule has 1 unspecified atom stereocenters. The Morgan fingerprint density at radius 1 is 0.957 bits per heavy atom. The van der Waals surface area contributed by atoms with Gasteiger partial charge < -0.3 is 4.57 Å². The highest BCUT2D eigenvalue weighted by atomic mass is 31.2. The van der Waals surface area contributed by atoms with Crippen molar-refractivity contribution in [2.45, 2.75) is 51.9 Å². The standard InChI is InChI=1S/C18H28N2OP2/c1-17(2,3)22(7)15-16(23(8,21)18(4,5)6)20-14-12-10-9-11-13(14)19-15/h9-12H,1-8H3/t22?,23-/m1/s1. The fourth-order valence-electron chi connectivity index (χ4n) is 2.13. The van der Waals surface area contributed by atoms with Crippen LogP contribution < -0.4 is 10.9 Å². The molecule has 2 atom stereocenters. The largest absolute Gasteiger partial charge is 0.317 e. The zero-order chi connectivity index (χ0) is 17.6. The van der Waals surface area contributed by atoms with Gasteiger partial charge in [-0.05, 0) is 30.6 Å². The summed E-state index contributed by atoms with van der Waals surface area (Å²) in [6.07, 6.45) is 0. The predicted octanol–water partition coefficient (Wildman–Crippen LogP) is 4.58. The zero-order valence-electron chi connectivity index (χ0n) is 15.5. The van der Waals surface area contributed by atoms with E-state index in [9.17, 15) is 4.57 Å². The summed E-state index contributed by atoms with van der Waals surface area (Å²) in [6.45, 7) is 16.8. The molecule has 1 heterocycles. The van der Waals surface area contributed by atoms with Gasteiger partial charge in [0.1, 0.15) is 12.6 Å². The average Bonchev–Trinajstić information content (AvgIpc) is 2.42. The van der Waals surface area contributed by atoms with E-state index in [1.54, 1.807) is 0 Å². The molecule has 0 aliphatic carbocycles. The van der Waals surface area contributed by atoms with Gasteiger partial charge in [0, 0.05) is 5.16 Å². The molecule has 0 N–H and O–H groups in total. The van der Waals surface area contributed by atoms with Crippen LogP contribution in [0.2, 0.25) is 0 Å². The Kier molecular flexibility index (Phi) is 4.79. The molecule has 0 saturated heterocycles. The lowest BCUT2D eigenvalue weighted by atomic mass is 10.3. The minimum absolute atomic E-state index is 0.0963. The van der Waals surface area contributed by atoms with Crippen molar-refractivity contribution in [1.29, 1.82) is 0 Å². The van der Waals surface area contributed by atoms with Crippen molar-refractivity contribution in [3.8, 4) is 0 Å². The summed E-state index contributed by atoms with van der Waals surface area (Å²) in [5.41, 5.74) is 3.40. The molecule has 1 aromatic carbocycles. The highest BCUT2D eigenvalue weighted by Crippen LogP contribution is 2.55. The number of hydrogen-bond acceptors (Lipinski definition) is 3. The molecular weight excluding hydrogens is 322 g/mol. The van der Waals surface area contributed by atoms with Crippen LogP contribution in [0.3, 0.4) is 0 Å². The first kappa shape index (κ1) is 18.6. The van der Waals surface area contributed by atoms with Crippen molar-refractivity contribution in [2.75, 3.05) is 13.3 Å². The molecule has 5 heteroatoms. The van der Waals surface area contributed by atoms with Crippen molar-refractivity contribution in [2.24, 2.45) is 0 Å². The molecule has 0 saturated carbocycles. The number of para-hydroxylation sites is 2. The topological polar surface area (TPSA) is 42.9 Å². The van der Waals surface area contributed by atoms with E-state index in [2.05, 4.69) is 27.4 Å². The molecule has 0 aliphatic rings. The molecule has 2 aromatic rings. The molecule has 23 heavy (non-hydrogen) atoms. The molecule has 126 valence electrons. The van der Waals surface area contributed by atoms with Crippen LogP contribution in [0.15, 0.2) is 24.3 Å². The molecule has 0 bridgehead atoms. The van der Waals surface area contributed by atoms with Crippen LogP contribution in [0.25, 0.3) is 11.0 Å². The van der Waals surface area contributed by atoms with Crippen LogP contribution in [0, 0.1) is 0 Å². The summed E-state index contributed by atoms with van der Waals surface area (Å²) in [7, 11) is -3.22. The Morgan fingerprint density at radius 3 is 1.87 bits per heavy atom. The van der Waals surface area contributed by atoms with Gasteiger partial charge in [-0.15, -0.1) is 0 Å². The first-order chi connectivity index (χ1) is 10.4. The lowest BCUT2D eigenvalue weighted by Crippen LogP contribution is -2.38. The first-order valence-corrected chi connectivity index (χ1v) is 11.9. The van der Waals surface area contributed by atoms with Crippen LogP contribution in [-0.4, -0.2) is 33.6 Å². The maximum Gasteiger partial charge on any atom is 0.137 e. The van der Waals surface area contributed by atoms with E-state index >= 15 is 0 Å². The molecule has 0 spiro atoms. The molecule has 0 aliphatic heterocycles. The maximum absolute atomic E-state index is 13.6. The van der Waals surface area contributed by atoms with E-state index in [0.29, 0.717) is 0 Å². The number of nitrogens with zero attached hydrogens (tertiary/aromatic N) is 2. The number of hydrogen-bond donors (Lipinski definition) is 0. The second-order valence-electron chi connectivity index (χ2n) is 8.18. The van der Waals surface area contributed by atoms with E-state index in [1.807, 2.05) is 51.7 Å². The minimum Gasteiger partial charge on any atom is -0.317 e. The summed E-state index contributed by atoms with van der Waals surface area (Å²) in [5, 5.41) is -0.230. The number of fused-ring (bicyclic) bond motifs is 1. The Labute approximate surface area is 141 Å². The molecule has 1 aromatic heterocycles. The fraction of sp³-hybridized carbons (Fsp3) is 0.556. The molecule has 0 amide bonds. The van der Waals surface area contributed by atoms with Crippen LogP contribution in [0.4, 0.5) is 0 Å². The molecular formula is C18H28N2OP2. The van der Waals surface area contributed by atoms with Crippen molar-refractivity contribution >= 4 is 37.0 Å². The Balaban J connectivity index is 2.83. The van der Waals surface area contributed by atoms with E-state index < -0.39 is 15.1 Å². The highest BCUT2D eigenvalue weighted by Gasteiger charge is 2.39. The third-order valence-corrected chi connectivity index (χ3v) is 11.4. The van der Waals surface area contributed by atoms with Gasteiger partial charge in [0.05, 0.1) is 16.5 Å². The monoisotopic (exact) mass is 350 g/mol. The molecule has 0 radical (unpaired) electrons. The van der Waals surface area contributed by atoms with E-state index in [0.717, 1.165) is 21.9 Å². The van der Waals surface area contributed by atoms with Gasteiger partial charge in [0.2, 0.25) is 0 Å². The molecule has 0 fully saturated rings. The average molecular weight is 350 g/mol. The predicted molar refractivity (Wildman–Crippen MR) is 105 cm³/mol. The van der Waals surface area contributed by atoms with Crippen molar-refractivity contribution in [3.63, 3.8) is 0 Å². The van der Waals surface area contributed by atoms with Crippen LogP contribution >= 0.6 is 15.1 Å². The van der Waals surface area contributed by atoms with Crippen LogP contribution in [0.1, 0.15) is 41.5 Å². The maximum atomic E-state index is 13.6. The van der Waals surface area contributed by atoms with Gasteiger partial charge in [0.15, 0.2) is 0 Å². The SMILES string of the molecule is CP(c1nc2ccccc2nc1[P@@](C)(=O)C(C)(C)C)C(C)(C)C. The van der Waals surface area contributed by atoms with Gasteiger partial charge in [0.25, 0.3) is 0 Å². The third kappa shape index (κ3) is 3.52. The lowest BCUT2D eigenvalue weighted by Gasteiger charge is -2.33. The lowest BCUT2D eigenvalue weighted by molar-refractivity contribution is 0.560. The Bertz CT molecular complexity index is 773. The van der Waals surface area contributed by atoms with Gasteiger partial charge >= 0.3 is 0 Å². The highest BCUT2D eigenvalue weighted by molar-refractivity contribution is 7.75. The Hall–Kier alpha value is -0.780. The minimum atomic E-state index is -2.65.